The van der Waals surface area contributed by atoms with Gasteiger partial charge in [-0.3, -0.25) is 4.98 Å². The van der Waals surface area contributed by atoms with Crippen molar-refractivity contribution in [2.45, 2.75) is 13.1 Å². The van der Waals surface area contributed by atoms with Gasteiger partial charge in [0.25, 0.3) is 0 Å². The summed E-state index contributed by atoms with van der Waals surface area (Å²) in [6, 6.07) is 12.1. The van der Waals surface area contributed by atoms with Crippen LogP contribution in [0.3, 0.4) is 0 Å². The SMILES string of the molecule is c1csc(CNCc2cnc3ccccc3n2)c1. The Hall–Kier alpha value is -1.78. The van der Waals surface area contributed by atoms with Crippen LogP contribution >= 0.6 is 11.3 Å². The van der Waals surface area contributed by atoms with Crippen molar-refractivity contribution in [2.75, 3.05) is 0 Å². The van der Waals surface area contributed by atoms with E-state index in [9.17, 15) is 0 Å². The molecule has 90 valence electrons. The second-order valence-electron chi connectivity index (χ2n) is 4.03. The van der Waals surface area contributed by atoms with Gasteiger partial charge in [0, 0.05) is 18.0 Å². The van der Waals surface area contributed by atoms with Gasteiger partial charge in [0.1, 0.15) is 0 Å². The van der Waals surface area contributed by atoms with Gasteiger partial charge in [-0.2, -0.15) is 0 Å². The highest BCUT2D eigenvalue weighted by molar-refractivity contribution is 7.09. The quantitative estimate of drug-likeness (QED) is 0.779. The molecule has 2 heterocycles. The maximum Gasteiger partial charge on any atom is 0.0890 e. The van der Waals surface area contributed by atoms with E-state index in [0.717, 1.165) is 29.8 Å². The van der Waals surface area contributed by atoms with Crippen LogP contribution < -0.4 is 5.32 Å². The molecule has 0 unspecified atom stereocenters. The minimum atomic E-state index is 0.746. The summed E-state index contributed by atoms with van der Waals surface area (Å²) in [4.78, 5) is 10.3. The van der Waals surface area contributed by atoms with Crippen LogP contribution in [0.15, 0.2) is 48.0 Å². The van der Waals surface area contributed by atoms with E-state index in [1.807, 2.05) is 30.5 Å². The molecule has 0 aliphatic carbocycles. The summed E-state index contributed by atoms with van der Waals surface area (Å²) in [5.74, 6) is 0. The van der Waals surface area contributed by atoms with E-state index in [2.05, 4.69) is 32.8 Å². The number of hydrogen-bond acceptors (Lipinski definition) is 4. The lowest BCUT2D eigenvalue weighted by Gasteiger charge is -2.03. The molecule has 0 fully saturated rings. The molecule has 3 aromatic rings. The van der Waals surface area contributed by atoms with Gasteiger partial charge in [0.2, 0.25) is 0 Å². The third-order valence-electron chi connectivity index (χ3n) is 2.68. The molecule has 3 rings (SSSR count). The van der Waals surface area contributed by atoms with Crippen LogP contribution in [0.4, 0.5) is 0 Å². The monoisotopic (exact) mass is 255 g/mol. The fraction of sp³-hybridized carbons (Fsp3) is 0.143. The largest absolute Gasteiger partial charge is 0.306 e. The van der Waals surface area contributed by atoms with Crippen molar-refractivity contribution in [3.8, 4) is 0 Å². The van der Waals surface area contributed by atoms with Crippen LogP contribution in [0, 0.1) is 0 Å². The van der Waals surface area contributed by atoms with Crippen LogP contribution in [-0.4, -0.2) is 9.97 Å². The molecule has 3 nitrogen and oxygen atoms in total. The molecule has 0 atom stereocenters. The molecule has 0 saturated heterocycles. The summed E-state index contributed by atoms with van der Waals surface area (Å²) in [6.45, 7) is 1.63. The summed E-state index contributed by atoms with van der Waals surface area (Å²) in [7, 11) is 0. The smallest absolute Gasteiger partial charge is 0.0890 e. The first-order chi connectivity index (χ1) is 8.92. The zero-order chi connectivity index (χ0) is 12.2. The summed E-state index contributed by atoms with van der Waals surface area (Å²) in [6.07, 6.45) is 1.84. The van der Waals surface area contributed by atoms with E-state index < -0.39 is 0 Å². The molecule has 1 aromatic carbocycles. The normalized spacial score (nSPS) is 10.9. The number of benzene rings is 1. The van der Waals surface area contributed by atoms with Crippen molar-refractivity contribution in [1.29, 1.82) is 0 Å². The van der Waals surface area contributed by atoms with Gasteiger partial charge in [-0.05, 0) is 23.6 Å². The number of aromatic nitrogens is 2. The number of rotatable bonds is 4. The first-order valence-corrected chi connectivity index (χ1v) is 6.73. The standard InChI is InChI=1S/C14H13N3S/c1-2-6-14-13(5-1)16-9-11(17-14)8-15-10-12-4-3-7-18-12/h1-7,9,15H,8,10H2. The molecular formula is C14H13N3S. The maximum atomic E-state index is 4.57. The molecule has 0 saturated carbocycles. The third-order valence-corrected chi connectivity index (χ3v) is 3.56. The lowest BCUT2D eigenvalue weighted by atomic mass is 10.3. The van der Waals surface area contributed by atoms with Gasteiger partial charge < -0.3 is 5.32 Å². The molecular weight excluding hydrogens is 242 g/mol. The number of hydrogen-bond donors (Lipinski definition) is 1. The van der Waals surface area contributed by atoms with E-state index in [0.29, 0.717) is 0 Å². The fourth-order valence-corrected chi connectivity index (χ4v) is 2.48. The van der Waals surface area contributed by atoms with Gasteiger partial charge in [0.15, 0.2) is 0 Å². The fourth-order valence-electron chi connectivity index (χ4n) is 1.81. The Bertz CT molecular complexity index is 634. The molecule has 0 amide bonds. The van der Waals surface area contributed by atoms with Crippen molar-refractivity contribution in [2.24, 2.45) is 0 Å². The highest BCUT2D eigenvalue weighted by Gasteiger charge is 1.99. The van der Waals surface area contributed by atoms with Crippen molar-refractivity contribution >= 4 is 22.4 Å². The van der Waals surface area contributed by atoms with Crippen LogP contribution in [0.2, 0.25) is 0 Å². The zero-order valence-electron chi connectivity index (χ0n) is 9.84. The highest BCUT2D eigenvalue weighted by atomic mass is 32.1. The molecule has 18 heavy (non-hydrogen) atoms. The molecule has 0 aliphatic rings. The second-order valence-corrected chi connectivity index (χ2v) is 5.07. The number of fused-ring (bicyclic) bond motifs is 1. The van der Waals surface area contributed by atoms with Crippen LogP contribution in [0.25, 0.3) is 11.0 Å². The molecule has 0 bridgehead atoms. The van der Waals surface area contributed by atoms with Gasteiger partial charge in [-0.15, -0.1) is 11.3 Å². The Labute approximate surface area is 110 Å². The van der Waals surface area contributed by atoms with E-state index in [4.69, 9.17) is 0 Å². The van der Waals surface area contributed by atoms with E-state index in [1.165, 1.54) is 4.88 Å². The molecule has 1 N–H and O–H groups in total. The van der Waals surface area contributed by atoms with E-state index in [1.54, 1.807) is 11.3 Å². The molecule has 0 radical (unpaired) electrons. The molecule has 2 aromatic heterocycles. The predicted molar refractivity (Wildman–Crippen MR) is 74.4 cm³/mol. The minimum Gasteiger partial charge on any atom is -0.306 e. The van der Waals surface area contributed by atoms with Crippen LogP contribution in [0.5, 0.6) is 0 Å². The first-order valence-electron chi connectivity index (χ1n) is 5.85. The Morgan fingerprint density at radius 1 is 1.00 bits per heavy atom. The minimum absolute atomic E-state index is 0.746. The molecule has 0 aliphatic heterocycles. The molecule has 4 heteroatoms. The Kier molecular flexibility index (Phi) is 3.30. The van der Waals surface area contributed by atoms with Crippen molar-refractivity contribution < 1.29 is 0 Å². The first kappa shape index (κ1) is 11.3. The number of para-hydroxylation sites is 2. The lowest BCUT2D eigenvalue weighted by Crippen LogP contribution is -2.13. The van der Waals surface area contributed by atoms with E-state index >= 15 is 0 Å². The topological polar surface area (TPSA) is 37.8 Å². The average Bonchev–Trinajstić information content (AvgIpc) is 2.92. The van der Waals surface area contributed by atoms with Crippen molar-refractivity contribution in [3.05, 3.63) is 58.5 Å². The summed E-state index contributed by atoms with van der Waals surface area (Å²) >= 11 is 1.76. The van der Waals surface area contributed by atoms with E-state index in [-0.39, 0.29) is 0 Å². The predicted octanol–water partition coefficient (Wildman–Crippen LogP) is 2.98. The molecule has 0 spiro atoms. The zero-order valence-corrected chi connectivity index (χ0v) is 10.7. The summed E-state index contributed by atoms with van der Waals surface area (Å²) in [5.41, 5.74) is 2.87. The third kappa shape index (κ3) is 2.55. The maximum absolute atomic E-state index is 4.57. The average molecular weight is 255 g/mol. The van der Waals surface area contributed by atoms with Crippen molar-refractivity contribution in [1.82, 2.24) is 15.3 Å². The van der Waals surface area contributed by atoms with Gasteiger partial charge in [-0.25, -0.2) is 4.98 Å². The van der Waals surface area contributed by atoms with Gasteiger partial charge in [0.05, 0.1) is 22.9 Å². The van der Waals surface area contributed by atoms with Crippen LogP contribution in [-0.2, 0) is 13.1 Å². The Morgan fingerprint density at radius 2 is 1.89 bits per heavy atom. The number of nitrogens with zero attached hydrogens (tertiary/aromatic N) is 2. The highest BCUT2D eigenvalue weighted by Crippen LogP contribution is 2.10. The van der Waals surface area contributed by atoms with Gasteiger partial charge in [-0.1, -0.05) is 18.2 Å². The summed E-state index contributed by atoms with van der Waals surface area (Å²) in [5, 5.41) is 5.47. The van der Waals surface area contributed by atoms with Gasteiger partial charge >= 0.3 is 0 Å². The lowest BCUT2D eigenvalue weighted by molar-refractivity contribution is 0.686. The van der Waals surface area contributed by atoms with Crippen molar-refractivity contribution in [3.63, 3.8) is 0 Å². The number of thiophene rings is 1. The summed E-state index contributed by atoms with van der Waals surface area (Å²) < 4.78 is 0. The van der Waals surface area contributed by atoms with Crippen LogP contribution in [0.1, 0.15) is 10.6 Å². The second kappa shape index (κ2) is 5.25. The number of nitrogens with one attached hydrogen (secondary N) is 1. The Balaban J connectivity index is 1.67. The Morgan fingerprint density at radius 3 is 2.72 bits per heavy atom.